The number of nitrogens with zero attached hydrogens (tertiary/aromatic N) is 1. The Bertz CT molecular complexity index is 235. The normalized spacial score (nSPS) is 37.3. The van der Waals surface area contributed by atoms with Crippen LogP contribution in [0.15, 0.2) is 16.1 Å². The van der Waals surface area contributed by atoms with E-state index in [1.807, 2.05) is 0 Å². The van der Waals surface area contributed by atoms with Crippen LogP contribution in [0.25, 0.3) is 0 Å². The van der Waals surface area contributed by atoms with Crippen molar-refractivity contribution in [2.24, 2.45) is 10.9 Å². The minimum Gasteiger partial charge on any atom is -0.286 e. The summed E-state index contributed by atoms with van der Waals surface area (Å²) >= 11 is 0. The Kier molecular flexibility index (Phi) is 1.05. The summed E-state index contributed by atoms with van der Waals surface area (Å²) in [4.78, 5) is 4.55. The van der Waals surface area contributed by atoms with Crippen molar-refractivity contribution >= 4 is 5.71 Å². The summed E-state index contributed by atoms with van der Waals surface area (Å²) in [6, 6.07) is 0.670. The molecule has 0 bridgehead atoms. The summed E-state index contributed by atoms with van der Waals surface area (Å²) < 4.78 is 0. The van der Waals surface area contributed by atoms with E-state index in [9.17, 15) is 0 Å². The molecule has 0 spiro atoms. The van der Waals surface area contributed by atoms with Crippen LogP contribution < -0.4 is 0 Å². The smallest absolute Gasteiger partial charge is 0.0575 e. The highest BCUT2D eigenvalue weighted by atomic mass is 14.9. The van der Waals surface area contributed by atoms with Crippen molar-refractivity contribution < 1.29 is 0 Å². The van der Waals surface area contributed by atoms with E-state index in [-0.39, 0.29) is 0 Å². The fourth-order valence-electron chi connectivity index (χ4n) is 1.70. The zero-order valence-electron chi connectivity index (χ0n) is 6.81. The second-order valence-corrected chi connectivity index (χ2v) is 3.43. The quantitative estimate of drug-likeness (QED) is 0.483. The van der Waals surface area contributed by atoms with Crippen molar-refractivity contribution in [1.29, 1.82) is 0 Å². The summed E-state index contributed by atoms with van der Waals surface area (Å²) in [6.07, 6.45) is 1.31. The first-order chi connectivity index (χ1) is 4.70. The minimum atomic E-state index is 0.670. The van der Waals surface area contributed by atoms with Crippen LogP contribution in [0.4, 0.5) is 0 Å². The maximum atomic E-state index is 4.55. The third kappa shape index (κ3) is 0.664. The largest absolute Gasteiger partial charge is 0.286 e. The topological polar surface area (TPSA) is 12.4 Å². The van der Waals surface area contributed by atoms with Crippen LogP contribution in [0.5, 0.6) is 0 Å². The fourth-order valence-corrected chi connectivity index (χ4v) is 1.70. The van der Waals surface area contributed by atoms with E-state index < -0.39 is 0 Å². The number of aliphatic imine (C=N–C) groups is 1. The molecule has 10 heavy (non-hydrogen) atoms. The van der Waals surface area contributed by atoms with E-state index in [0.717, 1.165) is 5.92 Å². The van der Waals surface area contributed by atoms with E-state index in [0.29, 0.717) is 6.04 Å². The molecule has 1 unspecified atom stereocenters. The van der Waals surface area contributed by atoms with Gasteiger partial charge in [-0.25, -0.2) is 0 Å². The van der Waals surface area contributed by atoms with Gasteiger partial charge in [-0.2, -0.15) is 0 Å². The molecule has 0 saturated heterocycles. The van der Waals surface area contributed by atoms with Crippen molar-refractivity contribution in [1.82, 2.24) is 0 Å². The van der Waals surface area contributed by atoms with Gasteiger partial charge in [-0.05, 0) is 32.8 Å². The van der Waals surface area contributed by atoms with Gasteiger partial charge in [0.1, 0.15) is 0 Å². The zero-order chi connectivity index (χ0) is 7.30. The summed E-state index contributed by atoms with van der Waals surface area (Å²) in [5, 5.41) is 0. The van der Waals surface area contributed by atoms with Crippen molar-refractivity contribution in [3.63, 3.8) is 0 Å². The number of rotatable bonds is 0. The molecule has 1 aliphatic heterocycles. The van der Waals surface area contributed by atoms with E-state index in [1.54, 1.807) is 5.57 Å². The molecule has 1 fully saturated rings. The summed E-state index contributed by atoms with van der Waals surface area (Å²) in [5.41, 5.74) is 4.27. The molecule has 1 aliphatic carbocycles. The fraction of sp³-hybridized carbons (Fsp3) is 0.667. The maximum absolute atomic E-state index is 4.55. The Hall–Kier alpha value is -0.590. The molecular weight excluding hydrogens is 122 g/mol. The molecule has 1 nitrogen and oxygen atoms in total. The molecular formula is C9H13N. The molecule has 0 aromatic carbocycles. The highest BCUT2D eigenvalue weighted by molar-refractivity contribution is 5.99. The van der Waals surface area contributed by atoms with E-state index in [4.69, 9.17) is 0 Å². The Morgan fingerprint density at radius 3 is 2.70 bits per heavy atom. The predicted molar refractivity (Wildman–Crippen MR) is 43.4 cm³/mol. The van der Waals surface area contributed by atoms with Crippen molar-refractivity contribution in [2.75, 3.05) is 0 Å². The van der Waals surface area contributed by atoms with Gasteiger partial charge in [0.25, 0.3) is 0 Å². The number of allylic oxidation sites excluding steroid dienone is 1. The average molecular weight is 135 g/mol. The lowest BCUT2D eigenvalue weighted by atomic mass is 10.0. The van der Waals surface area contributed by atoms with Crippen LogP contribution in [0.1, 0.15) is 27.2 Å². The first-order valence-electron chi connectivity index (χ1n) is 3.92. The van der Waals surface area contributed by atoms with Gasteiger partial charge in [0, 0.05) is 11.6 Å². The lowest BCUT2D eigenvalue weighted by Gasteiger charge is -2.11. The molecule has 0 N–H and O–H groups in total. The molecule has 2 aliphatic rings. The summed E-state index contributed by atoms with van der Waals surface area (Å²) in [5.74, 6) is 0.823. The predicted octanol–water partition coefficient (Wildman–Crippen LogP) is 2.19. The van der Waals surface area contributed by atoms with Crippen LogP contribution in [-0.4, -0.2) is 11.8 Å². The first-order valence-corrected chi connectivity index (χ1v) is 3.92. The maximum Gasteiger partial charge on any atom is 0.0575 e. The Morgan fingerprint density at radius 2 is 2.00 bits per heavy atom. The molecule has 0 radical (unpaired) electrons. The molecule has 0 aromatic heterocycles. The average Bonchev–Trinajstić information content (AvgIpc) is 2.62. The van der Waals surface area contributed by atoms with Gasteiger partial charge in [0.05, 0.1) is 6.04 Å². The van der Waals surface area contributed by atoms with Crippen molar-refractivity contribution in [3.05, 3.63) is 11.1 Å². The number of fused-ring (bicyclic) bond motifs is 1. The Morgan fingerprint density at radius 1 is 1.30 bits per heavy atom. The lowest BCUT2D eigenvalue weighted by molar-refractivity contribution is 0.886. The van der Waals surface area contributed by atoms with E-state index in [2.05, 4.69) is 25.8 Å². The Labute approximate surface area is 61.9 Å². The van der Waals surface area contributed by atoms with Crippen LogP contribution >= 0.6 is 0 Å². The zero-order valence-corrected chi connectivity index (χ0v) is 6.81. The van der Waals surface area contributed by atoms with E-state index >= 15 is 0 Å². The Balaban J connectivity index is 2.41. The van der Waals surface area contributed by atoms with Gasteiger partial charge in [-0.1, -0.05) is 5.57 Å². The monoisotopic (exact) mass is 135 g/mol. The highest BCUT2D eigenvalue weighted by Gasteiger charge is 2.41. The molecule has 0 aromatic rings. The van der Waals surface area contributed by atoms with Crippen LogP contribution in [-0.2, 0) is 0 Å². The van der Waals surface area contributed by atoms with E-state index in [1.165, 1.54) is 17.7 Å². The molecule has 1 heteroatoms. The molecule has 0 amide bonds. The van der Waals surface area contributed by atoms with Crippen LogP contribution in [0, 0.1) is 5.92 Å². The molecule has 2 atom stereocenters. The number of hydrogen-bond donors (Lipinski definition) is 0. The minimum absolute atomic E-state index is 0.670. The molecule has 54 valence electrons. The molecule has 1 saturated carbocycles. The van der Waals surface area contributed by atoms with Crippen molar-refractivity contribution in [2.45, 2.75) is 33.2 Å². The lowest BCUT2D eigenvalue weighted by Crippen LogP contribution is -2.06. The molecule has 2 rings (SSSR count). The SMILES string of the molecule is CC1=NC2C[C@@H]2C(C)=C1C. The summed E-state index contributed by atoms with van der Waals surface area (Å²) in [7, 11) is 0. The van der Waals surface area contributed by atoms with Gasteiger partial charge in [-0.15, -0.1) is 0 Å². The van der Waals surface area contributed by atoms with Gasteiger partial charge in [0.2, 0.25) is 0 Å². The van der Waals surface area contributed by atoms with Crippen LogP contribution in [0.2, 0.25) is 0 Å². The van der Waals surface area contributed by atoms with Gasteiger partial charge in [-0.3, -0.25) is 4.99 Å². The number of hydrogen-bond acceptors (Lipinski definition) is 1. The molecule has 1 heterocycles. The van der Waals surface area contributed by atoms with Gasteiger partial charge < -0.3 is 0 Å². The third-order valence-electron chi connectivity index (χ3n) is 2.81. The second kappa shape index (κ2) is 1.71. The number of dihydropyridines is 1. The summed E-state index contributed by atoms with van der Waals surface area (Å²) in [6.45, 7) is 6.55. The van der Waals surface area contributed by atoms with Gasteiger partial charge in [0.15, 0.2) is 0 Å². The van der Waals surface area contributed by atoms with Crippen molar-refractivity contribution in [3.8, 4) is 0 Å². The first kappa shape index (κ1) is 6.14. The highest BCUT2D eigenvalue weighted by Crippen LogP contribution is 2.44. The van der Waals surface area contributed by atoms with Gasteiger partial charge >= 0.3 is 0 Å². The van der Waals surface area contributed by atoms with Crippen LogP contribution in [0.3, 0.4) is 0 Å². The standard InChI is InChI=1S/C9H13N/c1-5-6(2)8-4-9(8)10-7(5)3/h8-9H,4H2,1-3H3/t8-,9?/m1/s1. The second-order valence-electron chi connectivity index (χ2n) is 3.43. The third-order valence-corrected chi connectivity index (χ3v) is 2.81.